The summed E-state index contributed by atoms with van der Waals surface area (Å²) in [7, 11) is 0. The number of aliphatic hydroxyl groups excluding tert-OH is 2. The Morgan fingerprint density at radius 3 is 2.54 bits per heavy atom. The third kappa shape index (κ3) is 5.24. The lowest BCUT2D eigenvalue weighted by atomic mass is 9.90. The summed E-state index contributed by atoms with van der Waals surface area (Å²) in [5, 5.41) is 26.7. The van der Waals surface area contributed by atoms with Crippen LogP contribution in [0.4, 0.5) is 19.3 Å². The Balaban J connectivity index is 2.10. The first-order chi connectivity index (χ1) is 13.1. The quantitative estimate of drug-likeness (QED) is 0.395. The van der Waals surface area contributed by atoms with Crippen LogP contribution in [-0.4, -0.2) is 52.4 Å². The van der Waals surface area contributed by atoms with Gasteiger partial charge >= 0.3 is 6.03 Å². The number of aliphatic hydroxyl groups is 2. The normalized spacial score (nSPS) is 22.6. The van der Waals surface area contributed by atoms with Crippen molar-refractivity contribution in [3.05, 3.63) is 41.5 Å². The largest absolute Gasteiger partial charge is 0.390 e. The molecule has 28 heavy (non-hydrogen) atoms. The van der Waals surface area contributed by atoms with Crippen molar-refractivity contribution < 1.29 is 33.4 Å². The van der Waals surface area contributed by atoms with Crippen LogP contribution in [-0.2, 0) is 9.59 Å². The highest BCUT2D eigenvalue weighted by Gasteiger charge is 2.34. The summed E-state index contributed by atoms with van der Waals surface area (Å²) in [5.41, 5.74) is 4.78. The molecule has 0 unspecified atom stereocenters. The molecule has 0 saturated heterocycles. The fraction of sp³-hybridized carbons (Fsp3) is 0.353. The Bertz CT molecular complexity index is 817. The number of rotatable bonds is 5. The molecule has 0 saturated carbocycles. The maximum atomic E-state index is 13.6. The molecule has 11 heteroatoms. The van der Waals surface area contributed by atoms with Crippen molar-refractivity contribution in [2.75, 3.05) is 5.32 Å². The second kappa shape index (κ2) is 8.76. The van der Waals surface area contributed by atoms with Gasteiger partial charge in [-0.15, -0.1) is 0 Å². The Morgan fingerprint density at radius 1 is 1.25 bits per heavy atom. The van der Waals surface area contributed by atoms with E-state index in [-0.39, 0.29) is 17.7 Å². The van der Waals surface area contributed by atoms with Crippen LogP contribution in [0.3, 0.4) is 0 Å². The Labute approximate surface area is 158 Å². The van der Waals surface area contributed by atoms with Crippen molar-refractivity contribution in [3.63, 3.8) is 0 Å². The van der Waals surface area contributed by atoms with Gasteiger partial charge in [0.1, 0.15) is 23.8 Å². The molecule has 1 aromatic rings. The molecule has 1 aliphatic carbocycles. The average Bonchev–Trinajstić information content (AvgIpc) is 2.60. The minimum atomic E-state index is -1.44. The van der Waals surface area contributed by atoms with Crippen molar-refractivity contribution in [2.45, 2.75) is 37.6 Å². The Morgan fingerprint density at radius 2 is 1.93 bits per heavy atom. The van der Waals surface area contributed by atoms with Crippen LogP contribution in [0.5, 0.6) is 0 Å². The number of hydrogen-bond acceptors (Lipinski definition) is 5. The molecule has 0 aliphatic heterocycles. The molecule has 0 fully saturated rings. The zero-order chi connectivity index (χ0) is 21.0. The van der Waals surface area contributed by atoms with Gasteiger partial charge in [0.15, 0.2) is 0 Å². The number of anilines is 1. The van der Waals surface area contributed by atoms with Crippen LogP contribution in [0.25, 0.3) is 0 Å². The van der Waals surface area contributed by atoms with Gasteiger partial charge in [0.2, 0.25) is 11.8 Å². The standard InChI is InChI=1S/C17H20F2N4O5/c1-7(15(20)26)21-16(27)8-4-12(14(25)13(24)5-8)23-17(28)22-11-3-2-9(18)6-10(11)19/h2-4,6-7,12-14,24-25H,5H2,1H3,(H2,20,26)(H,21,27)(H2,22,23,28)/t7-,12-,13-,14-/m1/s1. The Kier molecular flexibility index (Phi) is 6.65. The number of primary amides is 1. The third-order valence-electron chi connectivity index (χ3n) is 4.12. The molecule has 0 spiro atoms. The van der Waals surface area contributed by atoms with E-state index >= 15 is 0 Å². The van der Waals surface area contributed by atoms with Gasteiger partial charge in [-0.2, -0.15) is 0 Å². The van der Waals surface area contributed by atoms with E-state index in [4.69, 9.17) is 5.73 Å². The summed E-state index contributed by atoms with van der Waals surface area (Å²) in [6.45, 7) is 1.37. The number of nitrogens with one attached hydrogen (secondary N) is 3. The van der Waals surface area contributed by atoms with Crippen LogP contribution in [0.15, 0.2) is 29.8 Å². The fourth-order valence-corrected chi connectivity index (χ4v) is 2.53. The number of hydrogen-bond donors (Lipinski definition) is 6. The van der Waals surface area contributed by atoms with Gasteiger partial charge in [-0.25, -0.2) is 13.6 Å². The molecule has 152 valence electrons. The van der Waals surface area contributed by atoms with Gasteiger partial charge in [-0.3, -0.25) is 9.59 Å². The first-order valence-electron chi connectivity index (χ1n) is 8.28. The zero-order valence-corrected chi connectivity index (χ0v) is 14.8. The number of carbonyl (C=O) groups is 3. The highest BCUT2D eigenvalue weighted by Crippen LogP contribution is 2.21. The van der Waals surface area contributed by atoms with Crippen LogP contribution in [0.1, 0.15) is 13.3 Å². The number of amides is 4. The van der Waals surface area contributed by atoms with E-state index < -0.39 is 53.8 Å². The summed E-state index contributed by atoms with van der Waals surface area (Å²) in [6.07, 6.45) is -1.82. The number of benzene rings is 1. The molecular weight excluding hydrogens is 378 g/mol. The van der Waals surface area contributed by atoms with Gasteiger partial charge in [0.05, 0.1) is 17.8 Å². The maximum Gasteiger partial charge on any atom is 0.319 e. The van der Waals surface area contributed by atoms with Crippen LogP contribution in [0.2, 0.25) is 0 Å². The van der Waals surface area contributed by atoms with E-state index in [0.29, 0.717) is 6.07 Å². The third-order valence-corrected chi connectivity index (χ3v) is 4.12. The van der Waals surface area contributed by atoms with E-state index in [0.717, 1.165) is 12.1 Å². The topological polar surface area (TPSA) is 154 Å². The monoisotopic (exact) mass is 398 g/mol. The molecule has 0 radical (unpaired) electrons. The van der Waals surface area contributed by atoms with Gasteiger partial charge < -0.3 is 31.9 Å². The smallest absolute Gasteiger partial charge is 0.319 e. The molecule has 7 N–H and O–H groups in total. The summed E-state index contributed by atoms with van der Waals surface area (Å²) >= 11 is 0. The molecular formula is C17H20F2N4O5. The van der Waals surface area contributed by atoms with Crippen LogP contribution in [0, 0.1) is 11.6 Å². The molecule has 1 aliphatic rings. The summed E-state index contributed by atoms with van der Waals surface area (Å²) in [4.78, 5) is 35.3. The Hall–Kier alpha value is -3.05. The molecule has 0 aromatic heterocycles. The predicted octanol–water partition coefficient (Wildman–Crippen LogP) is -0.503. The zero-order valence-electron chi connectivity index (χ0n) is 14.8. The van der Waals surface area contributed by atoms with Crippen molar-refractivity contribution in [1.29, 1.82) is 0 Å². The summed E-state index contributed by atoms with van der Waals surface area (Å²) < 4.78 is 26.5. The number of urea groups is 1. The summed E-state index contributed by atoms with van der Waals surface area (Å²) in [6, 6.07) is -0.566. The maximum absolute atomic E-state index is 13.6. The second-order valence-electron chi connectivity index (χ2n) is 6.30. The minimum absolute atomic E-state index is 0.0177. The van der Waals surface area contributed by atoms with Crippen molar-refractivity contribution >= 4 is 23.5 Å². The van der Waals surface area contributed by atoms with Gasteiger partial charge in [-0.1, -0.05) is 6.08 Å². The number of nitrogens with two attached hydrogens (primary N) is 1. The lowest BCUT2D eigenvalue weighted by Crippen LogP contribution is -2.52. The lowest BCUT2D eigenvalue weighted by molar-refractivity contribution is -0.125. The van der Waals surface area contributed by atoms with E-state index in [1.54, 1.807) is 0 Å². The fourth-order valence-electron chi connectivity index (χ4n) is 2.53. The second-order valence-corrected chi connectivity index (χ2v) is 6.30. The van der Waals surface area contributed by atoms with Crippen molar-refractivity contribution in [2.24, 2.45) is 5.73 Å². The first kappa shape index (κ1) is 21.3. The molecule has 0 bridgehead atoms. The molecule has 2 rings (SSSR count). The van der Waals surface area contributed by atoms with Gasteiger partial charge in [0.25, 0.3) is 0 Å². The molecule has 9 nitrogen and oxygen atoms in total. The van der Waals surface area contributed by atoms with E-state index in [2.05, 4.69) is 16.0 Å². The average molecular weight is 398 g/mol. The van der Waals surface area contributed by atoms with E-state index in [1.165, 1.54) is 13.0 Å². The molecule has 4 amide bonds. The first-order valence-corrected chi connectivity index (χ1v) is 8.28. The summed E-state index contributed by atoms with van der Waals surface area (Å²) in [5.74, 6) is -3.29. The minimum Gasteiger partial charge on any atom is -0.390 e. The van der Waals surface area contributed by atoms with Gasteiger partial charge in [0, 0.05) is 18.1 Å². The van der Waals surface area contributed by atoms with Crippen LogP contribution >= 0.6 is 0 Å². The van der Waals surface area contributed by atoms with E-state index in [9.17, 15) is 33.4 Å². The molecule has 0 heterocycles. The highest BCUT2D eigenvalue weighted by atomic mass is 19.1. The van der Waals surface area contributed by atoms with Crippen molar-refractivity contribution in [3.8, 4) is 0 Å². The van der Waals surface area contributed by atoms with Gasteiger partial charge in [-0.05, 0) is 19.1 Å². The molecule has 1 aromatic carbocycles. The number of carbonyl (C=O) groups excluding carboxylic acids is 3. The van der Waals surface area contributed by atoms with E-state index in [1.807, 2.05) is 0 Å². The number of halogens is 2. The SMILES string of the molecule is C[C@@H](NC(=O)C1=C[C@@H](NC(=O)Nc2ccc(F)cc2F)[C@@H](O)[C@H](O)C1)C(N)=O. The lowest BCUT2D eigenvalue weighted by Gasteiger charge is -2.31. The predicted molar refractivity (Wildman–Crippen MR) is 93.8 cm³/mol. The highest BCUT2D eigenvalue weighted by molar-refractivity contribution is 5.97. The van der Waals surface area contributed by atoms with Crippen molar-refractivity contribution in [1.82, 2.24) is 10.6 Å². The van der Waals surface area contributed by atoms with Crippen LogP contribution < -0.4 is 21.7 Å². The molecule has 4 atom stereocenters.